The maximum absolute atomic E-state index is 12.9. The molecule has 7 heteroatoms. The van der Waals surface area contributed by atoms with Crippen LogP contribution in [-0.2, 0) is 10.2 Å². The zero-order chi connectivity index (χ0) is 22.9. The number of aromatic nitrogens is 2. The van der Waals surface area contributed by atoms with Gasteiger partial charge in [0.05, 0.1) is 5.56 Å². The zero-order valence-electron chi connectivity index (χ0n) is 18.4. The summed E-state index contributed by atoms with van der Waals surface area (Å²) in [6.45, 7) is 7.66. The predicted molar refractivity (Wildman–Crippen MR) is 124 cm³/mol. The SMILES string of the molecule is Cc1oc(C(C)(C)C)cc1C(=O)C(=O)Nc1ccc(Nc2ncccn2)c2ccccc12. The third kappa shape index (κ3) is 4.23. The Balaban J connectivity index is 1.62. The summed E-state index contributed by atoms with van der Waals surface area (Å²) in [5.74, 6) is 0.213. The molecular weight excluding hydrogens is 404 g/mol. The summed E-state index contributed by atoms with van der Waals surface area (Å²) in [6.07, 6.45) is 3.31. The molecule has 0 saturated carbocycles. The number of anilines is 3. The summed E-state index contributed by atoms with van der Waals surface area (Å²) in [5, 5.41) is 7.59. The lowest BCUT2D eigenvalue weighted by Crippen LogP contribution is -2.23. The minimum atomic E-state index is -0.716. The molecule has 0 atom stereocenters. The molecule has 2 aromatic heterocycles. The molecule has 0 aliphatic carbocycles. The van der Waals surface area contributed by atoms with Gasteiger partial charge in [-0.25, -0.2) is 9.97 Å². The number of nitrogens with zero attached hydrogens (tertiary/aromatic N) is 2. The first-order valence-electron chi connectivity index (χ1n) is 10.3. The molecule has 1 amide bonds. The molecule has 4 aromatic rings. The molecule has 0 saturated heterocycles. The maximum Gasteiger partial charge on any atom is 0.296 e. The average Bonchev–Trinajstić information content (AvgIpc) is 3.17. The molecule has 162 valence electrons. The molecule has 2 N–H and O–H groups in total. The third-order valence-electron chi connectivity index (χ3n) is 5.09. The smallest absolute Gasteiger partial charge is 0.296 e. The van der Waals surface area contributed by atoms with Crippen LogP contribution in [0.15, 0.2) is 65.3 Å². The highest BCUT2D eigenvalue weighted by Gasteiger charge is 2.26. The Morgan fingerprint density at radius 1 is 0.906 bits per heavy atom. The topological polar surface area (TPSA) is 97.1 Å². The largest absolute Gasteiger partial charge is 0.465 e. The zero-order valence-corrected chi connectivity index (χ0v) is 18.4. The van der Waals surface area contributed by atoms with Gasteiger partial charge in [-0.05, 0) is 31.2 Å². The van der Waals surface area contributed by atoms with Crippen molar-refractivity contribution in [2.45, 2.75) is 33.1 Å². The molecular formula is C25H24N4O3. The number of amides is 1. The van der Waals surface area contributed by atoms with E-state index in [0.29, 0.717) is 23.2 Å². The first-order valence-corrected chi connectivity index (χ1v) is 10.3. The normalized spacial score (nSPS) is 11.4. The van der Waals surface area contributed by atoms with Crippen LogP contribution in [0.2, 0.25) is 0 Å². The molecule has 0 fully saturated rings. The van der Waals surface area contributed by atoms with Crippen molar-refractivity contribution in [3.05, 3.63) is 78.0 Å². The number of benzene rings is 2. The van der Waals surface area contributed by atoms with Crippen LogP contribution in [0.3, 0.4) is 0 Å². The van der Waals surface area contributed by atoms with Crippen molar-refractivity contribution in [1.29, 1.82) is 0 Å². The fraction of sp³-hybridized carbons (Fsp3) is 0.200. The molecule has 0 radical (unpaired) electrons. The number of nitrogens with one attached hydrogen (secondary N) is 2. The highest BCUT2D eigenvalue weighted by Crippen LogP contribution is 2.32. The Kier molecular flexibility index (Phi) is 5.48. The van der Waals surface area contributed by atoms with Gasteiger partial charge >= 0.3 is 0 Å². The van der Waals surface area contributed by atoms with Gasteiger partial charge in [-0.1, -0.05) is 45.0 Å². The number of rotatable bonds is 5. The van der Waals surface area contributed by atoms with Gasteiger partial charge in [-0.15, -0.1) is 0 Å². The number of ketones is 1. The average molecular weight is 428 g/mol. The van der Waals surface area contributed by atoms with Crippen LogP contribution in [0.5, 0.6) is 0 Å². The molecule has 0 spiro atoms. The fourth-order valence-electron chi connectivity index (χ4n) is 3.38. The molecule has 7 nitrogen and oxygen atoms in total. The van der Waals surface area contributed by atoms with E-state index in [1.54, 1.807) is 37.5 Å². The van der Waals surface area contributed by atoms with Gasteiger partial charge in [0.25, 0.3) is 11.7 Å². The standard InChI is InChI=1S/C25H24N4O3/c1-15-18(14-21(32-15)25(2,3)4)22(30)23(31)28-19-10-11-20(17-9-6-5-8-16(17)19)29-24-26-12-7-13-27-24/h5-14H,1-4H3,(H,28,31)(H,26,27,29). The second kappa shape index (κ2) is 8.26. The highest BCUT2D eigenvalue weighted by molar-refractivity contribution is 6.47. The van der Waals surface area contributed by atoms with E-state index >= 15 is 0 Å². The fourth-order valence-corrected chi connectivity index (χ4v) is 3.38. The van der Waals surface area contributed by atoms with Crippen LogP contribution in [-0.4, -0.2) is 21.7 Å². The van der Waals surface area contributed by atoms with E-state index in [-0.39, 0.29) is 11.0 Å². The molecule has 2 aromatic carbocycles. The predicted octanol–water partition coefficient (Wildman–Crippen LogP) is 5.39. The molecule has 0 bridgehead atoms. The Hall–Kier alpha value is -4.00. The molecule has 32 heavy (non-hydrogen) atoms. The Morgan fingerprint density at radius 2 is 1.53 bits per heavy atom. The molecule has 0 aliphatic heterocycles. The van der Waals surface area contributed by atoms with Crippen LogP contribution in [0.1, 0.15) is 42.6 Å². The summed E-state index contributed by atoms with van der Waals surface area (Å²) in [6, 6.07) is 14.5. The molecule has 0 aliphatic rings. The number of hydrogen-bond acceptors (Lipinski definition) is 6. The van der Waals surface area contributed by atoms with Crippen molar-refractivity contribution >= 4 is 39.8 Å². The summed E-state index contributed by atoms with van der Waals surface area (Å²) in [7, 11) is 0. The van der Waals surface area contributed by atoms with E-state index in [0.717, 1.165) is 16.5 Å². The van der Waals surface area contributed by atoms with Crippen molar-refractivity contribution in [3.8, 4) is 0 Å². The van der Waals surface area contributed by atoms with Gasteiger partial charge in [-0.2, -0.15) is 0 Å². The summed E-state index contributed by atoms with van der Waals surface area (Å²) >= 11 is 0. The first kappa shape index (κ1) is 21.2. The quantitative estimate of drug-likeness (QED) is 0.327. The summed E-state index contributed by atoms with van der Waals surface area (Å²) < 4.78 is 5.72. The van der Waals surface area contributed by atoms with Gasteiger partial charge in [0.1, 0.15) is 11.5 Å². The number of aryl methyl sites for hydroxylation is 1. The van der Waals surface area contributed by atoms with Gasteiger partial charge in [0, 0.05) is 40.0 Å². The van der Waals surface area contributed by atoms with E-state index < -0.39 is 11.7 Å². The second-order valence-electron chi connectivity index (χ2n) is 8.52. The molecule has 0 unspecified atom stereocenters. The van der Waals surface area contributed by atoms with Crippen molar-refractivity contribution < 1.29 is 14.0 Å². The van der Waals surface area contributed by atoms with Crippen molar-refractivity contribution in [2.75, 3.05) is 10.6 Å². The number of furan rings is 1. The summed E-state index contributed by atoms with van der Waals surface area (Å²) in [5.41, 5.74) is 1.34. The minimum absolute atomic E-state index is 0.263. The molecule has 2 heterocycles. The van der Waals surface area contributed by atoms with Crippen LogP contribution in [0.4, 0.5) is 17.3 Å². The Morgan fingerprint density at radius 3 is 2.16 bits per heavy atom. The Bertz CT molecular complexity index is 1300. The highest BCUT2D eigenvalue weighted by atomic mass is 16.3. The summed E-state index contributed by atoms with van der Waals surface area (Å²) in [4.78, 5) is 34.0. The van der Waals surface area contributed by atoms with Gasteiger partial charge in [-0.3, -0.25) is 9.59 Å². The molecule has 4 rings (SSSR count). The van der Waals surface area contributed by atoms with Crippen molar-refractivity contribution in [1.82, 2.24) is 9.97 Å². The van der Waals surface area contributed by atoms with E-state index in [2.05, 4.69) is 20.6 Å². The minimum Gasteiger partial charge on any atom is -0.465 e. The van der Waals surface area contributed by atoms with E-state index in [9.17, 15) is 9.59 Å². The van der Waals surface area contributed by atoms with E-state index in [1.165, 1.54) is 0 Å². The van der Waals surface area contributed by atoms with Crippen LogP contribution in [0.25, 0.3) is 10.8 Å². The van der Waals surface area contributed by atoms with Crippen LogP contribution in [0, 0.1) is 6.92 Å². The number of hydrogen-bond donors (Lipinski definition) is 2. The van der Waals surface area contributed by atoms with Gasteiger partial charge in [0.15, 0.2) is 0 Å². The van der Waals surface area contributed by atoms with E-state index in [1.807, 2.05) is 51.1 Å². The lowest BCUT2D eigenvalue weighted by molar-refractivity contribution is -0.112. The number of carbonyl (C=O) groups excluding carboxylic acids is 2. The van der Waals surface area contributed by atoms with Crippen molar-refractivity contribution in [2.24, 2.45) is 0 Å². The number of carbonyl (C=O) groups is 2. The monoisotopic (exact) mass is 428 g/mol. The number of fused-ring (bicyclic) bond motifs is 1. The van der Waals surface area contributed by atoms with Gasteiger partial charge < -0.3 is 15.1 Å². The van der Waals surface area contributed by atoms with Crippen LogP contribution >= 0.6 is 0 Å². The maximum atomic E-state index is 12.9. The van der Waals surface area contributed by atoms with Gasteiger partial charge in [0.2, 0.25) is 5.95 Å². The lowest BCUT2D eigenvalue weighted by atomic mass is 9.93. The third-order valence-corrected chi connectivity index (χ3v) is 5.09. The van der Waals surface area contributed by atoms with Crippen molar-refractivity contribution in [3.63, 3.8) is 0 Å². The van der Waals surface area contributed by atoms with Crippen LogP contribution < -0.4 is 10.6 Å². The number of Topliss-reactive ketones (excluding diaryl/α,β-unsaturated/α-hetero) is 1. The first-order chi connectivity index (χ1) is 15.2. The van der Waals surface area contributed by atoms with E-state index in [4.69, 9.17) is 4.42 Å². The Labute approximate surface area is 185 Å². The lowest BCUT2D eigenvalue weighted by Gasteiger charge is -2.13. The second-order valence-corrected chi connectivity index (χ2v) is 8.52.